The van der Waals surface area contributed by atoms with Gasteiger partial charge in [-0.3, -0.25) is 0 Å². The van der Waals surface area contributed by atoms with Crippen LogP contribution in [0, 0.1) is 27.2 Å². The van der Waals surface area contributed by atoms with Crippen LogP contribution in [-0.4, -0.2) is 0 Å². The number of aryl methyl sites for hydroxylation is 2. The van der Waals surface area contributed by atoms with Crippen molar-refractivity contribution in [1.82, 2.24) is 0 Å². The Hall–Kier alpha value is -0.780. The van der Waals surface area contributed by atoms with Crippen LogP contribution >= 0.6 is 0 Å². The molecule has 0 N–H and O–H groups in total. The maximum atomic E-state index is 2.42. The summed E-state index contributed by atoms with van der Waals surface area (Å²) in [7, 11) is 0. The summed E-state index contributed by atoms with van der Waals surface area (Å²) < 4.78 is 0. The number of hydrogen-bond donors (Lipinski definition) is 0. The lowest BCUT2D eigenvalue weighted by Gasteiger charge is -2.10. The van der Waals surface area contributed by atoms with Crippen LogP contribution in [0.4, 0.5) is 0 Å². The molecule has 0 aliphatic carbocycles. The van der Waals surface area contributed by atoms with Gasteiger partial charge in [-0.15, -0.1) is 0 Å². The molecule has 1 aromatic rings. The minimum atomic E-state index is 1.23. The summed E-state index contributed by atoms with van der Waals surface area (Å²) in [5, 5.41) is 0. The van der Waals surface area contributed by atoms with E-state index in [0.717, 1.165) is 0 Å². The smallest absolute Gasteiger partial charge is 0.00902 e. The number of unbranched alkanes of at least 4 members (excludes halogenated alkanes) is 5. The Balaban J connectivity index is 2.36. The van der Waals surface area contributed by atoms with Crippen molar-refractivity contribution in [3.63, 3.8) is 0 Å². The predicted molar refractivity (Wildman–Crippen MR) is 77.4 cm³/mol. The topological polar surface area (TPSA) is 0 Å². The molecular weight excluding hydrogens is 204 g/mol. The zero-order valence-electron chi connectivity index (χ0n) is 12.0. The van der Waals surface area contributed by atoms with E-state index in [-0.39, 0.29) is 0 Å². The van der Waals surface area contributed by atoms with Crippen LogP contribution in [0.5, 0.6) is 0 Å². The standard InChI is InChI=1S/C17H27/c1-5-6-7-8-9-10-11-17-13-14(2)12-15(3)16(17)4/h11-13H,5-10H2,1-4H3. The van der Waals surface area contributed by atoms with E-state index in [4.69, 9.17) is 0 Å². The molecule has 0 nitrogen and oxygen atoms in total. The quantitative estimate of drug-likeness (QED) is 0.542. The first-order chi connectivity index (χ1) is 8.15. The van der Waals surface area contributed by atoms with E-state index < -0.39 is 0 Å². The van der Waals surface area contributed by atoms with E-state index in [0.29, 0.717) is 0 Å². The lowest BCUT2D eigenvalue weighted by atomic mass is 9.96. The van der Waals surface area contributed by atoms with E-state index in [2.05, 4.69) is 46.2 Å². The zero-order valence-corrected chi connectivity index (χ0v) is 12.0. The van der Waals surface area contributed by atoms with Crippen LogP contribution in [0.15, 0.2) is 12.1 Å². The summed E-state index contributed by atoms with van der Waals surface area (Å²) >= 11 is 0. The highest BCUT2D eigenvalue weighted by Crippen LogP contribution is 2.20. The van der Waals surface area contributed by atoms with Crippen LogP contribution in [-0.2, 0) is 0 Å². The van der Waals surface area contributed by atoms with Gasteiger partial charge in [0, 0.05) is 0 Å². The van der Waals surface area contributed by atoms with E-state index in [9.17, 15) is 0 Å². The lowest BCUT2D eigenvalue weighted by Crippen LogP contribution is -1.93. The van der Waals surface area contributed by atoms with Crippen LogP contribution < -0.4 is 0 Å². The molecule has 0 heterocycles. The number of hydrogen-bond acceptors (Lipinski definition) is 0. The highest BCUT2D eigenvalue weighted by atomic mass is 14.1. The third-order valence-corrected chi connectivity index (χ3v) is 3.52. The third kappa shape index (κ3) is 4.93. The molecule has 0 saturated heterocycles. The second-order valence-corrected chi connectivity index (χ2v) is 5.20. The van der Waals surface area contributed by atoms with Crippen LogP contribution in [0.3, 0.4) is 0 Å². The summed E-state index contributed by atoms with van der Waals surface area (Å²) in [5.41, 5.74) is 5.69. The molecule has 0 fully saturated rings. The van der Waals surface area contributed by atoms with Crippen molar-refractivity contribution in [2.24, 2.45) is 0 Å². The van der Waals surface area contributed by atoms with Gasteiger partial charge >= 0.3 is 0 Å². The fourth-order valence-corrected chi connectivity index (χ4v) is 2.29. The number of benzene rings is 1. The molecular formula is C17H27. The minimum Gasteiger partial charge on any atom is -0.0654 e. The van der Waals surface area contributed by atoms with Gasteiger partial charge in [0.05, 0.1) is 0 Å². The maximum absolute atomic E-state index is 2.42. The lowest BCUT2D eigenvalue weighted by molar-refractivity contribution is 0.631. The Bertz CT molecular complexity index is 336. The summed E-state index contributed by atoms with van der Waals surface area (Å²) in [6, 6.07) is 4.59. The van der Waals surface area contributed by atoms with Crippen molar-refractivity contribution < 1.29 is 0 Å². The molecule has 0 saturated carbocycles. The summed E-state index contributed by atoms with van der Waals surface area (Å²) in [5.74, 6) is 0. The van der Waals surface area contributed by atoms with Gasteiger partial charge in [-0.2, -0.15) is 0 Å². The Morgan fingerprint density at radius 1 is 0.941 bits per heavy atom. The van der Waals surface area contributed by atoms with Crippen LogP contribution in [0.2, 0.25) is 0 Å². The van der Waals surface area contributed by atoms with E-state index in [1.165, 1.54) is 60.8 Å². The van der Waals surface area contributed by atoms with E-state index >= 15 is 0 Å². The molecule has 0 heteroatoms. The van der Waals surface area contributed by atoms with Gasteiger partial charge in [-0.1, -0.05) is 56.7 Å². The Labute approximate surface area is 107 Å². The molecule has 0 atom stereocenters. The molecule has 0 aliphatic rings. The average molecular weight is 231 g/mol. The second-order valence-electron chi connectivity index (χ2n) is 5.20. The van der Waals surface area contributed by atoms with Gasteiger partial charge < -0.3 is 0 Å². The van der Waals surface area contributed by atoms with Crippen molar-refractivity contribution in [2.75, 3.05) is 0 Å². The fourth-order valence-electron chi connectivity index (χ4n) is 2.29. The molecule has 1 rings (SSSR count). The maximum Gasteiger partial charge on any atom is -0.00902 e. The first kappa shape index (κ1) is 14.3. The first-order valence-electron chi connectivity index (χ1n) is 7.06. The Morgan fingerprint density at radius 3 is 2.35 bits per heavy atom. The van der Waals surface area contributed by atoms with Gasteiger partial charge in [0.1, 0.15) is 0 Å². The molecule has 0 aromatic heterocycles. The zero-order chi connectivity index (χ0) is 12.7. The number of rotatable bonds is 7. The molecule has 95 valence electrons. The van der Waals surface area contributed by atoms with Crippen molar-refractivity contribution >= 4 is 0 Å². The predicted octanol–water partition coefficient (Wildman–Crippen LogP) is 5.52. The molecule has 0 amide bonds. The SMILES string of the molecule is CCCCCCC[CH]c1cc(C)cc(C)c1C. The molecule has 0 bridgehead atoms. The summed E-state index contributed by atoms with van der Waals surface area (Å²) in [6.07, 6.45) is 10.5. The van der Waals surface area contributed by atoms with Gasteiger partial charge in [0.2, 0.25) is 0 Å². The van der Waals surface area contributed by atoms with Crippen LogP contribution in [0.25, 0.3) is 0 Å². The molecule has 0 spiro atoms. The molecule has 1 aromatic carbocycles. The monoisotopic (exact) mass is 231 g/mol. The van der Waals surface area contributed by atoms with Gasteiger partial charge in [-0.25, -0.2) is 0 Å². The van der Waals surface area contributed by atoms with Gasteiger partial charge in [0.15, 0.2) is 0 Å². The second kappa shape index (κ2) is 7.53. The van der Waals surface area contributed by atoms with Gasteiger partial charge in [0.25, 0.3) is 0 Å². The highest BCUT2D eigenvalue weighted by Gasteiger charge is 2.02. The van der Waals surface area contributed by atoms with Crippen LogP contribution in [0.1, 0.15) is 67.7 Å². The van der Waals surface area contributed by atoms with Crippen molar-refractivity contribution in [2.45, 2.75) is 66.2 Å². The largest absolute Gasteiger partial charge is 0.0654 e. The highest BCUT2D eigenvalue weighted by molar-refractivity contribution is 5.40. The fraction of sp³-hybridized carbons (Fsp3) is 0.588. The van der Waals surface area contributed by atoms with Gasteiger partial charge in [-0.05, 0) is 50.3 Å². The van der Waals surface area contributed by atoms with Crippen molar-refractivity contribution in [3.05, 3.63) is 40.8 Å². The molecule has 17 heavy (non-hydrogen) atoms. The van der Waals surface area contributed by atoms with E-state index in [1.807, 2.05) is 0 Å². The first-order valence-corrected chi connectivity index (χ1v) is 7.06. The third-order valence-electron chi connectivity index (χ3n) is 3.52. The Morgan fingerprint density at radius 2 is 1.65 bits per heavy atom. The summed E-state index contributed by atoms with van der Waals surface area (Å²) in [6.45, 7) is 8.90. The summed E-state index contributed by atoms with van der Waals surface area (Å²) in [4.78, 5) is 0. The van der Waals surface area contributed by atoms with Crippen molar-refractivity contribution in [1.29, 1.82) is 0 Å². The van der Waals surface area contributed by atoms with Crippen molar-refractivity contribution in [3.8, 4) is 0 Å². The molecule has 0 unspecified atom stereocenters. The van der Waals surface area contributed by atoms with E-state index in [1.54, 1.807) is 0 Å². The average Bonchev–Trinajstić information content (AvgIpc) is 2.29. The Kier molecular flexibility index (Phi) is 6.32. The normalized spacial score (nSPS) is 10.8. The molecule has 0 aliphatic heterocycles. The molecule has 1 radical (unpaired) electrons. The minimum absolute atomic E-state index is 1.23.